The van der Waals surface area contributed by atoms with Crippen molar-refractivity contribution in [1.29, 1.82) is 0 Å². The molecular weight excluding hydrogens is 270 g/mol. The highest BCUT2D eigenvalue weighted by Crippen LogP contribution is 2.21. The summed E-state index contributed by atoms with van der Waals surface area (Å²) in [6.45, 7) is 3.98. The van der Waals surface area contributed by atoms with Crippen LogP contribution in [-0.2, 0) is 0 Å². The van der Waals surface area contributed by atoms with E-state index in [9.17, 15) is 0 Å². The molecular formula is C11H16ClN5O2. The third-order valence-electron chi connectivity index (χ3n) is 2.53. The molecule has 0 amide bonds. The first-order valence-corrected chi connectivity index (χ1v) is 5.57. The predicted molar refractivity (Wildman–Crippen MR) is 70.9 cm³/mol. The Hall–Kier alpha value is -1.73. The zero-order valence-electron chi connectivity index (χ0n) is 10.9. The highest BCUT2D eigenvalue weighted by Gasteiger charge is 2.19. The maximum Gasteiger partial charge on any atom is 0.244 e. The van der Waals surface area contributed by atoms with Gasteiger partial charge in [-0.2, -0.15) is 4.98 Å². The highest BCUT2D eigenvalue weighted by molar-refractivity contribution is 5.85. The van der Waals surface area contributed by atoms with Gasteiger partial charge in [-0.15, -0.1) is 12.4 Å². The normalized spacial score (nSPS) is 12.1. The Morgan fingerprint density at radius 1 is 1.32 bits per heavy atom. The van der Waals surface area contributed by atoms with Crippen LogP contribution in [0.4, 0.5) is 0 Å². The lowest BCUT2D eigenvalue weighted by Crippen LogP contribution is -2.16. The third-order valence-corrected chi connectivity index (χ3v) is 2.53. The molecule has 0 aromatic carbocycles. The first-order valence-electron chi connectivity index (χ1n) is 5.57. The second-order valence-corrected chi connectivity index (χ2v) is 4.17. The zero-order valence-corrected chi connectivity index (χ0v) is 11.7. The fraction of sp³-hybridized carbons (Fsp3) is 0.455. The van der Waals surface area contributed by atoms with Gasteiger partial charge in [-0.1, -0.05) is 19.0 Å². The number of hydrogen-bond acceptors (Lipinski definition) is 7. The third kappa shape index (κ3) is 3.39. The first kappa shape index (κ1) is 15.3. The van der Waals surface area contributed by atoms with Crippen molar-refractivity contribution in [3.63, 3.8) is 0 Å². The van der Waals surface area contributed by atoms with E-state index in [-0.39, 0.29) is 24.4 Å². The van der Waals surface area contributed by atoms with Crippen LogP contribution < -0.4 is 10.5 Å². The van der Waals surface area contributed by atoms with Gasteiger partial charge in [-0.3, -0.25) is 0 Å². The molecule has 0 radical (unpaired) electrons. The summed E-state index contributed by atoms with van der Waals surface area (Å²) in [6, 6.07) is 1.35. The molecule has 0 saturated heterocycles. The van der Waals surface area contributed by atoms with Gasteiger partial charge in [0.05, 0.1) is 13.2 Å². The lowest BCUT2D eigenvalue weighted by molar-refractivity contribution is 0.325. The van der Waals surface area contributed by atoms with Crippen molar-refractivity contribution in [1.82, 2.24) is 20.1 Å². The molecule has 104 valence electrons. The summed E-state index contributed by atoms with van der Waals surface area (Å²) in [6.07, 6.45) is 1.38. The van der Waals surface area contributed by atoms with Gasteiger partial charge in [0.15, 0.2) is 0 Å². The summed E-state index contributed by atoms with van der Waals surface area (Å²) in [5.41, 5.74) is 6.47. The summed E-state index contributed by atoms with van der Waals surface area (Å²) in [7, 11) is 1.53. The van der Waals surface area contributed by atoms with Gasteiger partial charge in [0.1, 0.15) is 12.0 Å². The summed E-state index contributed by atoms with van der Waals surface area (Å²) < 4.78 is 10.1. The number of nitrogens with zero attached hydrogens (tertiary/aromatic N) is 4. The molecule has 0 aliphatic rings. The van der Waals surface area contributed by atoms with E-state index in [0.29, 0.717) is 23.3 Å². The van der Waals surface area contributed by atoms with Crippen LogP contribution in [0.5, 0.6) is 5.88 Å². The summed E-state index contributed by atoms with van der Waals surface area (Å²) in [5, 5.41) is 3.85. The van der Waals surface area contributed by atoms with Crippen molar-refractivity contribution in [3.05, 3.63) is 18.3 Å². The molecule has 1 atom stereocenters. The molecule has 8 heteroatoms. The fourth-order valence-corrected chi connectivity index (χ4v) is 1.33. The van der Waals surface area contributed by atoms with Gasteiger partial charge in [0.25, 0.3) is 0 Å². The van der Waals surface area contributed by atoms with E-state index < -0.39 is 0 Å². The summed E-state index contributed by atoms with van der Waals surface area (Å²) >= 11 is 0. The topological polar surface area (TPSA) is 100.0 Å². The van der Waals surface area contributed by atoms with Crippen LogP contribution in [0.3, 0.4) is 0 Å². The standard InChI is InChI=1S/C11H15N5O2.ClH/c1-6(2)9(12)11-15-10(16-18-11)7-4-8(17-3)14-5-13-7;/h4-6,9H,12H2,1-3H3;1H/t9-;/m1./s1. The molecule has 7 nitrogen and oxygen atoms in total. The van der Waals surface area contributed by atoms with E-state index in [1.807, 2.05) is 13.8 Å². The van der Waals surface area contributed by atoms with E-state index in [2.05, 4.69) is 20.1 Å². The molecule has 2 N–H and O–H groups in total. The molecule has 0 spiro atoms. The molecule has 2 rings (SSSR count). The van der Waals surface area contributed by atoms with Gasteiger partial charge < -0.3 is 15.0 Å². The quantitative estimate of drug-likeness (QED) is 0.911. The molecule has 2 aromatic heterocycles. The van der Waals surface area contributed by atoms with E-state index in [4.69, 9.17) is 15.0 Å². The van der Waals surface area contributed by atoms with E-state index in [0.717, 1.165) is 0 Å². The predicted octanol–water partition coefficient (Wildman–Crippen LogP) is 1.61. The maximum atomic E-state index is 5.93. The molecule has 0 fully saturated rings. The monoisotopic (exact) mass is 285 g/mol. The smallest absolute Gasteiger partial charge is 0.244 e. The molecule has 0 aliphatic heterocycles. The Bertz CT molecular complexity index is 531. The Labute approximate surface area is 117 Å². The minimum Gasteiger partial charge on any atom is -0.481 e. The van der Waals surface area contributed by atoms with Crippen molar-refractivity contribution in [3.8, 4) is 17.4 Å². The number of methoxy groups -OCH3 is 1. The van der Waals surface area contributed by atoms with Crippen LogP contribution in [-0.4, -0.2) is 27.2 Å². The highest BCUT2D eigenvalue weighted by atomic mass is 35.5. The number of nitrogens with two attached hydrogens (primary N) is 1. The van der Waals surface area contributed by atoms with E-state index in [1.54, 1.807) is 6.07 Å². The van der Waals surface area contributed by atoms with Crippen molar-refractivity contribution in [2.75, 3.05) is 7.11 Å². The number of halogens is 1. The van der Waals surface area contributed by atoms with Gasteiger partial charge in [0, 0.05) is 6.07 Å². The minimum atomic E-state index is -0.282. The lowest BCUT2D eigenvalue weighted by Gasteiger charge is -2.09. The Morgan fingerprint density at radius 3 is 2.68 bits per heavy atom. The fourth-order valence-electron chi connectivity index (χ4n) is 1.33. The average molecular weight is 286 g/mol. The minimum absolute atomic E-state index is 0. The van der Waals surface area contributed by atoms with Crippen LogP contribution in [0.25, 0.3) is 11.5 Å². The van der Waals surface area contributed by atoms with Crippen LogP contribution in [0.1, 0.15) is 25.8 Å². The van der Waals surface area contributed by atoms with Crippen LogP contribution in [0.15, 0.2) is 16.9 Å². The number of rotatable bonds is 4. The van der Waals surface area contributed by atoms with Gasteiger partial charge in [-0.05, 0) is 5.92 Å². The zero-order chi connectivity index (χ0) is 13.1. The second-order valence-electron chi connectivity index (χ2n) is 4.17. The molecule has 2 heterocycles. The van der Waals surface area contributed by atoms with Crippen molar-refractivity contribution < 1.29 is 9.26 Å². The molecule has 2 aromatic rings. The van der Waals surface area contributed by atoms with Crippen LogP contribution >= 0.6 is 12.4 Å². The average Bonchev–Trinajstić information content (AvgIpc) is 2.87. The van der Waals surface area contributed by atoms with Crippen molar-refractivity contribution in [2.24, 2.45) is 11.7 Å². The summed E-state index contributed by atoms with van der Waals surface area (Å²) in [4.78, 5) is 12.2. The number of hydrogen-bond donors (Lipinski definition) is 1. The van der Waals surface area contributed by atoms with E-state index in [1.165, 1.54) is 13.4 Å². The molecule has 0 saturated carbocycles. The summed E-state index contributed by atoms with van der Waals surface area (Å²) in [5.74, 6) is 1.44. The van der Waals surface area contributed by atoms with Gasteiger partial charge in [-0.25, -0.2) is 9.97 Å². The molecule has 19 heavy (non-hydrogen) atoms. The Kier molecular flexibility index (Phi) is 5.20. The lowest BCUT2D eigenvalue weighted by atomic mass is 10.1. The van der Waals surface area contributed by atoms with Crippen molar-refractivity contribution >= 4 is 12.4 Å². The number of aromatic nitrogens is 4. The SMILES string of the molecule is COc1cc(-c2noc([C@H](N)C(C)C)n2)ncn1.Cl. The number of ether oxygens (including phenoxy) is 1. The maximum absolute atomic E-state index is 5.93. The molecule has 0 unspecified atom stereocenters. The first-order chi connectivity index (χ1) is 8.61. The van der Waals surface area contributed by atoms with E-state index >= 15 is 0 Å². The Balaban J connectivity index is 0.00000180. The molecule has 0 aliphatic carbocycles. The van der Waals surface area contributed by atoms with Gasteiger partial charge in [0.2, 0.25) is 17.6 Å². The molecule has 0 bridgehead atoms. The Morgan fingerprint density at radius 2 is 2.05 bits per heavy atom. The van der Waals surface area contributed by atoms with Gasteiger partial charge >= 0.3 is 0 Å². The largest absolute Gasteiger partial charge is 0.481 e. The van der Waals surface area contributed by atoms with Crippen molar-refractivity contribution in [2.45, 2.75) is 19.9 Å². The van der Waals surface area contributed by atoms with Crippen LogP contribution in [0, 0.1) is 5.92 Å². The van der Waals surface area contributed by atoms with Crippen LogP contribution in [0.2, 0.25) is 0 Å². The second kappa shape index (κ2) is 6.44.